The lowest BCUT2D eigenvalue weighted by molar-refractivity contribution is -0.0120. The van der Waals surface area contributed by atoms with E-state index in [1.165, 1.54) is 12.2 Å². The van der Waals surface area contributed by atoms with Gasteiger partial charge in [-0.05, 0) is 17.7 Å². The van der Waals surface area contributed by atoms with Gasteiger partial charge in [-0.2, -0.15) is 11.8 Å². The molecule has 0 amide bonds. The number of benzene rings is 1. The van der Waals surface area contributed by atoms with Crippen LogP contribution in [0.4, 0.5) is 0 Å². The van der Waals surface area contributed by atoms with E-state index in [9.17, 15) is 5.11 Å². The summed E-state index contributed by atoms with van der Waals surface area (Å²) in [6.45, 7) is 5.32. The molecule has 0 bridgehead atoms. The number of aliphatic imine (C=N–C) groups is 1. The summed E-state index contributed by atoms with van der Waals surface area (Å²) in [5, 5.41) is 16.7. The van der Waals surface area contributed by atoms with Crippen LogP contribution in [0.2, 0.25) is 0 Å². The molecular formula is C20H32N4O2S. The van der Waals surface area contributed by atoms with Gasteiger partial charge in [-0.1, -0.05) is 30.3 Å². The van der Waals surface area contributed by atoms with Gasteiger partial charge >= 0.3 is 0 Å². The minimum atomic E-state index is 0.0555. The highest BCUT2D eigenvalue weighted by atomic mass is 32.2. The maximum Gasteiger partial charge on any atom is 0.191 e. The first-order chi connectivity index (χ1) is 13.3. The smallest absolute Gasteiger partial charge is 0.191 e. The lowest BCUT2D eigenvalue weighted by Gasteiger charge is -2.43. The molecular weight excluding hydrogens is 360 g/mol. The number of nitrogens with zero attached hydrogens (tertiary/aromatic N) is 2. The number of aliphatic hydroxyl groups excluding tert-OH is 1. The predicted molar refractivity (Wildman–Crippen MR) is 113 cm³/mol. The number of thioether (sulfide) groups is 1. The first kappa shape index (κ1) is 20.5. The molecule has 2 atom stereocenters. The van der Waals surface area contributed by atoms with Crippen LogP contribution in [0.15, 0.2) is 35.3 Å². The van der Waals surface area contributed by atoms with E-state index >= 15 is 0 Å². The third-order valence-electron chi connectivity index (χ3n) is 5.58. The molecule has 7 heteroatoms. The van der Waals surface area contributed by atoms with E-state index in [4.69, 9.17) is 4.74 Å². The largest absolute Gasteiger partial charge is 0.396 e. The van der Waals surface area contributed by atoms with Crippen molar-refractivity contribution in [3.8, 4) is 0 Å². The summed E-state index contributed by atoms with van der Waals surface area (Å²) in [6.07, 6.45) is 1.20. The average Bonchev–Trinajstić information content (AvgIpc) is 3.22. The second-order valence-corrected chi connectivity index (χ2v) is 8.33. The molecule has 2 unspecified atom stereocenters. The van der Waals surface area contributed by atoms with E-state index in [1.54, 1.807) is 7.05 Å². The second kappa shape index (κ2) is 10.3. The van der Waals surface area contributed by atoms with E-state index in [-0.39, 0.29) is 18.1 Å². The van der Waals surface area contributed by atoms with Gasteiger partial charge in [-0.25, -0.2) is 0 Å². The lowest BCUT2D eigenvalue weighted by Crippen LogP contribution is -2.60. The fraction of sp³-hybridized carbons (Fsp3) is 0.650. The van der Waals surface area contributed by atoms with Gasteiger partial charge in [0.05, 0.1) is 19.8 Å². The molecule has 2 heterocycles. The normalized spacial score (nSPS) is 25.3. The predicted octanol–water partition coefficient (Wildman–Crippen LogP) is 1.14. The van der Waals surface area contributed by atoms with Gasteiger partial charge < -0.3 is 20.5 Å². The molecule has 1 aromatic carbocycles. The van der Waals surface area contributed by atoms with Crippen LogP contribution in [-0.2, 0) is 4.74 Å². The summed E-state index contributed by atoms with van der Waals surface area (Å²) >= 11 is 2.04. The van der Waals surface area contributed by atoms with Crippen molar-refractivity contribution >= 4 is 17.7 Å². The van der Waals surface area contributed by atoms with E-state index < -0.39 is 0 Å². The molecule has 0 aliphatic carbocycles. The molecule has 6 nitrogen and oxygen atoms in total. The topological polar surface area (TPSA) is 69.1 Å². The quantitative estimate of drug-likeness (QED) is 0.478. The van der Waals surface area contributed by atoms with Crippen molar-refractivity contribution in [1.82, 2.24) is 15.5 Å². The van der Waals surface area contributed by atoms with Gasteiger partial charge in [-0.15, -0.1) is 0 Å². The Morgan fingerprint density at radius 1 is 1.30 bits per heavy atom. The molecule has 3 rings (SSSR count). The Labute approximate surface area is 166 Å². The van der Waals surface area contributed by atoms with Crippen LogP contribution in [0.5, 0.6) is 0 Å². The van der Waals surface area contributed by atoms with Crippen molar-refractivity contribution in [1.29, 1.82) is 0 Å². The highest BCUT2D eigenvalue weighted by Gasteiger charge is 2.40. The van der Waals surface area contributed by atoms with Gasteiger partial charge in [0.1, 0.15) is 0 Å². The molecule has 0 spiro atoms. The van der Waals surface area contributed by atoms with Crippen LogP contribution >= 0.6 is 11.8 Å². The van der Waals surface area contributed by atoms with Gasteiger partial charge in [0.2, 0.25) is 0 Å². The zero-order valence-corrected chi connectivity index (χ0v) is 17.0. The molecule has 0 radical (unpaired) electrons. The second-order valence-electron chi connectivity index (χ2n) is 7.22. The summed E-state index contributed by atoms with van der Waals surface area (Å²) in [7, 11) is 1.80. The summed E-state index contributed by atoms with van der Waals surface area (Å²) in [5.74, 6) is 3.22. The minimum absolute atomic E-state index is 0.0555. The highest BCUT2D eigenvalue weighted by Crippen LogP contribution is 2.33. The zero-order valence-electron chi connectivity index (χ0n) is 16.2. The SMILES string of the molecule is CN=C(NCC(CO)c1ccccc1)NCC1(N2CCOCC2)CCSC1. The lowest BCUT2D eigenvalue weighted by atomic mass is 9.95. The molecule has 2 aliphatic heterocycles. The Kier molecular flexibility index (Phi) is 7.81. The Morgan fingerprint density at radius 3 is 2.70 bits per heavy atom. The number of nitrogens with one attached hydrogen (secondary N) is 2. The van der Waals surface area contributed by atoms with Crippen LogP contribution in [0.25, 0.3) is 0 Å². The Bertz CT molecular complexity index is 587. The van der Waals surface area contributed by atoms with Crippen molar-refractivity contribution in [3.63, 3.8) is 0 Å². The fourth-order valence-electron chi connectivity index (χ4n) is 3.84. The standard InChI is InChI=1S/C20H32N4O2S/c1-21-19(22-13-18(14-25)17-5-3-2-4-6-17)23-15-20(7-12-27-16-20)24-8-10-26-11-9-24/h2-6,18,25H,7-16H2,1H3,(H2,21,22,23). The van der Waals surface area contributed by atoms with Gasteiger partial charge in [0.25, 0.3) is 0 Å². The maximum absolute atomic E-state index is 9.76. The van der Waals surface area contributed by atoms with E-state index in [1.807, 2.05) is 30.0 Å². The van der Waals surface area contributed by atoms with E-state index in [2.05, 4.69) is 32.7 Å². The van der Waals surface area contributed by atoms with Crippen molar-refractivity contribution in [2.24, 2.45) is 4.99 Å². The van der Waals surface area contributed by atoms with Crippen LogP contribution in [0, 0.1) is 0 Å². The number of aliphatic hydroxyl groups is 1. The Hall–Kier alpha value is -1.28. The number of rotatable bonds is 7. The summed E-state index contributed by atoms with van der Waals surface area (Å²) < 4.78 is 5.54. The molecule has 2 aliphatic rings. The highest BCUT2D eigenvalue weighted by molar-refractivity contribution is 7.99. The first-order valence-corrected chi connectivity index (χ1v) is 10.9. The number of hydrogen-bond donors (Lipinski definition) is 3. The zero-order chi connectivity index (χ0) is 19.0. The maximum atomic E-state index is 9.76. The molecule has 0 aromatic heterocycles. The third kappa shape index (κ3) is 5.38. The molecule has 2 saturated heterocycles. The number of hydrogen-bond acceptors (Lipinski definition) is 5. The minimum Gasteiger partial charge on any atom is -0.396 e. The van der Waals surface area contributed by atoms with Crippen molar-refractivity contribution < 1.29 is 9.84 Å². The van der Waals surface area contributed by atoms with E-state index in [0.29, 0.717) is 6.54 Å². The summed E-state index contributed by atoms with van der Waals surface area (Å²) in [6, 6.07) is 10.1. The number of ether oxygens (including phenoxy) is 1. The summed E-state index contributed by atoms with van der Waals surface area (Å²) in [5.41, 5.74) is 1.32. The van der Waals surface area contributed by atoms with Crippen LogP contribution < -0.4 is 10.6 Å². The molecule has 3 N–H and O–H groups in total. The van der Waals surface area contributed by atoms with Crippen molar-refractivity contribution in [2.45, 2.75) is 17.9 Å². The third-order valence-corrected chi connectivity index (χ3v) is 6.81. The molecule has 0 saturated carbocycles. The molecule has 27 heavy (non-hydrogen) atoms. The van der Waals surface area contributed by atoms with Crippen LogP contribution in [-0.4, -0.2) is 86.1 Å². The monoisotopic (exact) mass is 392 g/mol. The van der Waals surface area contributed by atoms with Crippen molar-refractivity contribution in [2.75, 3.05) is 64.6 Å². The van der Waals surface area contributed by atoms with Crippen LogP contribution in [0.1, 0.15) is 17.9 Å². The Morgan fingerprint density at radius 2 is 2.07 bits per heavy atom. The first-order valence-electron chi connectivity index (χ1n) is 9.78. The molecule has 1 aromatic rings. The van der Waals surface area contributed by atoms with Gasteiger partial charge in [0.15, 0.2) is 5.96 Å². The molecule has 2 fully saturated rings. The number of guanidine groups is 1. The van der Waals surface area contributed by atoms with Gasteiger partial charge in [0, 0.05) is 50.4 Å². The molecule has 150 valence electrons. The number of morpholine rings is 1. The summed E-state index contributed by atoms with van der Waals surface area (Å²) in [4.78, 5) is 6.98. The Balaban J connectivity index is 1.54. The van der Waals surface area contributed by atoms with Crippen molar-refractivity contribution in [3.05, 3.63) is 35.9 Å². The average molecular weight is 393 g/mol. The van der Waals surface area contributed by atoms with Crippen LogP contribution in [0.3, 0.4) is 0 Å². The van der Waals surface area contributed by atoms with Gasteiger partial charge in [-0.3, -0.25) is 9.89 Å². The van der Waals surface area contributed by atoms with E-state index in [0.717, 1.165) is 50.1 Å². The fourth-order valence-corrected chi connectivity index (χ4v) is 5.31.